The lowest BCUT2D eigenvalue weighted by Crippen LogP contribution is -2.45. The fraction of sp³-hybridized carbons (Fsp3) is 0.922. The summed E-state index contributed by atoms with van der Waals surface area (Å²) in [7, 11) is 0. The van der Waals surface area contributed by atoms with E-state index in [1.165, 1.54) is 315 Å². The third kappa shape index (κ3) is 55.8. The van der Waals surface area contributed by atoms with E-state index in [1.54, 1.807) is 6.08 Å². The average molecular weight is 957 g/mol. The summed E-state index contributed by atoms with van der Waals surface area (Å²) in [5.74, 6) is -0.0564. The van der Waals surface area contributed by atoms with Crippen LogP contribution in [0.4, 0.5) is 0 Å². The molecule has 2 unspecified atom stereocenters. The van der Waals surface area contributed by atoms with Crippen LogP contribution in [0.15, 0.2) is 24.3 Å². The number of allylic oxidation sites excluding steroid dienone is 3. The standard InChI is InChI=1S/C64H125NO3/c1-3-5-7-9-11-13-15-17-19-21-23-25-27-29-30-31-32-33-34-35-36-38-40-42-44-46-48-50-52-54-56-58-60-64(68)65-62(61-66)63(67)59-57-55-53-51-49-47-45-43-41-39-37-28-26-24-22-20-18-16-14-12-10-8-6-4-2/h29-30,57,59,62-63,66-67H,3-28,31-56,58,60-61H2,1-2H3,(H,65,68)/b30-29-,59-57+. The van der Waals surface area contributed by atoms with Gasteiger partial charge in [-0.1, -0.05) is 334 Å². The maximum atomic E-state index is 12.5. The van der Waals surface area contributed by atoms with E-state index in [0.717, 1.165) is 25.7 Å². The Morgan fingerprint density at radius 1 is 0.338 bits per heavy atom. The molecule has 0 bridgehead atoms. The molecule has 0 aliphatic rings. The highest BCUT2D eigenvalue weighted by atomic mass is 16.3. The van der Waals surface area contributed by atoms with E-state index < -0.39 is 12.1 Å². The summed E-state index contributed by atoms with van der Waals surface area (Å²) in [5.41, 5.74) is 0. The number of unbranched alkanes of at least 4 members (excludes halogenated alkanes) is 50. The smallest absolute Gasteiger partial charge is 0.220 e. The van der Waals surface area contributed by atoms with Gasteiger partial charge in [0, 0.05) is 6.42 Å². The first-order valence-corrected chi connectivity index (χ1v) is 31.6. The van der Waals surface area contributed by atoms with E-state index in [9.17, 15) is 15.0 Å². The second-order valence-corrected chi connectivity index (χ2v) is 21.8. The van der Waals surface area contributed by atoms with E-state index in [-0.39, 0.29) is 12.5 Å². The summed E-state index contributed by atoms with van der Waals surface area (Å²) < 4.78 is 0. The molecule has 404 valence electrons. The van der Waals surface area contributed by atoms with Crippen LogP contribution >= 0.6 is 0 Å². The zero-order chi connectivity index (χ0) is 49.2. The SMILES string of the molecule is CCCCCCCCCCCCCC/C=C\CCCCCCCCCCCCCCCCCCC(=O)NC(CO)C(O)/C=C/CCCCCCCCCCCCCCCCCCCCCCCC. The Morgan fingerprint density at radius 3 is 0.809 bits per heavy atom. The minimum atomic E-state index is -0.838. The molecule has 0 fully saturated rings. The Morgan fingerprint density at radius 2 is 0.559 bits per heavy atom. The van der Waals surface area contributed by atoms with Gasteiger partial charge in [0.05, 0.1) is 18.8 Å². The average Bonchev–Trinajstić information content (AvgIpc) is 3.34. The van der Waals surface area contributed by atoms with Gasteiger partial charge in [0.25, 0.3) is 0 Å². The van der Waals surface area contributed by atoms with Crippen molar-refractivity contribution in [3.05, 3.63) is 24.3 Å². The number of carbonyl (C=O) groups excluding carboxylic acids is 1. The van der Waals surface area contributed by atoms with E-state index in [1.807, 2.05) is 6.08 Å². The maximum Gasteiger partial charge on any atom is 0.220 e. The maximum absolute atomic E-state index is 12.5. The third-order valence-corrected chi connectivity index (χ3v) is 14.9. The molecule has 68 heavy (non-hydrogen) atoms. The lowest BCUT2D eigenvalue weighted by atomic mass is 10.0. The number of hydrogen-bond acceptors (Lipinski definition) is 3. The molecule has 3 N–H and O–H groups in total. The molecule has 0 aliphatic carbocycles. The second kappa shape index (κ2) is 60.2. The number of nitrogens with one attached hydrogen (secondary N) is 1. The lowest BCUT2D eigenvalue weighted by Gasteiger charge is -2.20. The van der Waals surface area contributed by atoms with Crippen molar-refractivity contribution in [1.82, 2.24) is 5.32 Å². The molecule has 4 nitrogen and oxygen atoms in total. The van der Waals surface area contributed by atoms with Crippen LogP contribution in [0.1, 0.15) is 361 Å². The zero-order valence-corrected chi connectivity index (χ0v) is 46.7. The number of aliphatic hydroxyl groups is 2. The van der Waals surface area contributed by atoms with Crippen molar-refractivity contribution in [1.29, 1.82) is 0 Å². The van der Waals surface area contributed by atoms with Crippen LogP contribution in [0.25, 0.3) is 0 Å². The van der Waals surface area contributed by atoms with Gasteiger partial charge in [-0.3, -0.25) is 4.79 Å². The molecular formula is C64H125NO3. The van der Waals surface area contributed by atoms with Crippen molar-refractivity contribution < 1.29 is 15.0 Å². The Hall–Kier alpha value is -1.13. The molecule has 0 saturated heterocycles. The summed E-state index contributed by atoms with van der Waals surface area (Å²) in [6.45, 7) is 4.36. The Kier molecular flexibility index (Phi) is 59.2. The molecule has 0 radical (unpaired) electrons. The molecule has 0 aromatic heterocycles. The minimum absolute atomic E-state index is 0.0564. The fourth-order valence-electron chi connectivity index (χ4n) is 10.1. The van der Waals surface area contributed by atoms with Crippen molar-refractivity contribution in [3.63, 3.8) is 0 Å². The topological polar surface area (TPSA) is 69.6 Å². The molecule has 1 amide bonds. The predicted octanol–water partition coefficient (Wildman–Crippen LogP) is 21.0. The largest absolute Gasteiger partial charge is 0.394 e. The first kappa shape index (κ1) is 66.9. The molecule has 0 aromatic carbocycles. The van der Waals surface area contributed by atoms with Crippen LogP contribution in [-0.2, 0) is 4.79 Å². The predicted molar refractivity (Wildman–Crippen MR) is 304 cm³/mol. The Labute approximate surface area is 428 Å². The van der Waals surface area contributed by atoms with Gasteiger partial charge in [-0.15, -0.1) is 0 Å². The molecule has 0 rings (SSSR count). The van der Waals surface area contributed by atoms with E-state index in [0.29, 0.717) is 6.42 Å². The number of hydrogen-bond donors (Lipinski definition) is 3. The van der Waals surface area contributed by atoms with Gasteiger partial charge >= 0.3 is 0 Å². The van der Waals surface area contributed by atoms with Crippen LogP contribution in [0.5, 0.6) is 0 Å². The minimum Gasteiger partial charge on any atom is -0.394 e. The molecular weight excluding hydrogens is 831 g/mol. The van der Waals surface area contributed by atoms with Gasteiger partial charge in [0.1, 0.15) is 0 Å². The molecule has 2 atom stereocenters. The van der Waals surface area contributed by atoms with Crippen LogP contribution < -0.4 is 5.32 Å². The molecule has 4 heteroatoms. The van der Waals surface area contributed by atoms with Crippen LogP contribution in [0, 0.1) is 0 Å². The number of carbonyl (C=O) groups is 1. The van der Waals surface area contributed by atoms with Crippen molar-refractivity contribution in [2.75, 3.05) is 6.61 Å². The van der Waals surface area contributed by atoms with Crippen LogP contribution in [0.2, 0.25) is 0 Å². The lowest BCUT2D eigenvalue weighted by molar-refractivity contribution is -0.123. The van der Waals surface area contributed by atoms with Gasteiger partial charge in [-0.25, -0.2) is 0 Å². The summed E-state index contributed by atoms with van der Waals surface area (Å²) >= 11 is 0. The number of aliphatic hydroxyl groups excluding tert-OH is 2. The van der Waals surface area contributed by atoms with Gasteiger partial charge in [-0.2, -0.15) is 0 Å². The van der Waals surface area contributed by atoms with Crippen molar-refractivity contribution in [2.45, 2.75) is 373 Å². The Balaban J connectivity index is 3.43. The highest BCUT2D eigenvalue weighted by molar-refractivity contribution is 5.76. The first-order chi connectivity index (χ1) is 33.7. The number of amides is 1. The monoisotopic (exact) mass is 956 g/mol. The van der Waals surface area contributed by atoms with Crippen LogP contribution in [-0.4, -0.2) is 34.9 Å². The summed E-state index contributed by atoms with van der Waals surface area (Å²) in [5, 5.41) is 23.2. The quantitative estimate of drug-likeness (QED) is 0.0420. The van der Waals surface area contributed by atoms with Crippen molar-refractivity contribution in [2.24, 2.45) is 0 Å². The molecule has 0 spiro atoms. The summed E-state index contributed by atoms with van der Waals surface area (Å²) in [6, 6.07) is -0.621. The van der Waals surface area contributed by atoms with Gasteiger partial charge in [0.2, 0.25) is 5.91 Å². The second-order valence-electron chi connectivity index (χ2n) is 21.8. The molecule has 0 heterocycles. The van der Waals surface area contributed by atoms with E-state index >= 15 is 0 Å². The fourth-order valence-corrected chi connectivity index (χ4v) is 10.1. The zero-order valence-electron chi connectivity index (χ0n) is 46.7. The van der Waals surface area contributed by atoms with Crippen molar-refractivity contribution >= 4 is 5.91 Å². The summed E-state index contributed by atoms with van der Waals surface area (Å²) in [6.07, 6.45) is 80.9. The molecule has 0 aromatic rings. The summed E-state index contributed by atoms with van der Waals surface area (Å²) in [4.78, 5) is 12.5. The highest BCUT2D eigenvalue weighted by Crippen LogP contribution is 2.18. The number of rotatable bonds is 59. The van der Waals surface area contributed by atoms with E-state index in [4.69, 9.17) is 0 Å². The van der Waals surface area contributed by atoms with Gasteiger partial charge < -0.3 is 15.5 Å². The van der Waals surface area contributed by atoms with Crippen LogP contribution in [0.3, 0.4) is 0 Å². The van der Waals surface area contributed by atoms with Gasteiger partial charge in [-0.05, 0) is 44.9 Å². The molecule has 0 saturated carbocycles. The van der Waals surface area contributed by atoms with Gasteiger partial charge in [0.15, 0.2) is 0 Å². The van der Waals surface area contributed by atoms with E-state index in [2.05, 4.69) is 31.3 Å². The highest BCUT2D eigenvalue weighted by Gasteiger charge is 2.18. The van der Waals surface area contributed by atoms with Crippen molar-refractivity contribution in [3.8, 4) is 0 Å². The third-order valence-electron chi connectivity index (χ3n) is 14.9. The normalized spacial score (nSPS) is 12.8. The Bertz CT molecular complexity index is 994. The first-order valence-electron chi connectivity index (χ1n) is 31.6. The molecule has 0 aliphatic heterocycles.